The van der Waals surface area contributed by atoms with Gasteiger partial charge < -0.3 is 14.4 Å². The predicted molar refractivity (Wildman–Crippen MR) is 137 cm³/mol. The number of amides is 1. The molecular weight excluding hydrogens is 440 g/mol. The number of aromatic nitrogens is 1. The van der Waals surface area contributed by atoms with Crippen LogP contribution in [0, 0.1) is 0 Å². The fourth-order valence-corrected chi connectivity index (χ4v) is 3.93. The monoisotopic (exact) mass is 466 g/mol. The van der Waals surface area contributed by atoms with Crippen molar-refractivity contribution in [3.63, 3.8) is 0 Å². The molecule has 0 spiro atoms. The first-order chi connectivity index (χ1) is 17.3. The number of fused-ring (bicyclic) bond motifs is 1. The highest BCUT2D eigenvalue weighted by molar-refractivity contribution is 5.95. The van der Waals surface area contributed by atoms with Crippen LogP contribution in [0.25, 0.3) is 10.9 Å². The second kappa shape index (κ2) is 10.8. The zero-order valence-corrected chi connectivity index (χ0v) is 19.3. The minimum atomic E-state index is -0.267. The van der Waals surface area contributed by atoms with Crippen LogP contribution in [-0.2, 0) is 11.3 Å². The summed E-state index contributed by atoms with van der Waals surface area (Å²) in [5.41, 5.74) is 6.98. The van der Waals surface area contributed by atoms with Crippen LogP contribution in [0.2, 0.25) is 0 Å². The van der Waals surface area contributed by atoms with Crippen LogP contribution in [0.1, 0.15) is 21.5 Å². The predicted octanol–water partition coefficient (Wildman–Crippen LogP) is 4.41. The molecule has 4 aromatic rings. The average molecular weight is 467 g/mol. The number of ether oxygens (including phenoxy) is 2. The van der Waals surface area contributed by atoms with E-state index in [-0.39, 0.29) is 5.91 Å². The maximum Gasteiger partial charge on any atom is 0.271 e. The Morgan fingerprint density at radius 3 is 2.57 bits per heavy atom. The molecule has 0 radical (unpaired) electrons. The number of benzene rings is 3. The maximum absolute atomic E-state index is 12.4. The summed E-state index contributed by atoms with van der Waals surface area (Å²) in [6.07, 6.45) is 3.40. The molecule has 7 heteroatoms. The van der Waals surface area contributed by atoms with Gasteiger partial charge in [0.1, 0.15) is 17.9 Å². The molecule has 0 atom stereocenters. The Balaban J connectivity index is 1.13. The fraction of sp³-hybridized carbons (Fsp3) is 0.179. The topological polar surface area (TPSA) is 76.1 Å². The molecule has 1 aromatic heterocycles. The molecule has 0 bridgehead atoms. The van der Waals surface area contributed by atoms with E-state index < -0.39 is 0 Å². The zero-order chi connectivity index (χ0) is 23.9. The van der Waals surface area contributed by atoms with Gasteiger partial charge in [-0.3, -0.25) is 9.78 Å². The van der Waals surface area contributed by atoms with Crippen LogP contribution in [0.4, 0.5) is 5.69 Å². The quantitative estimate of drug-likeness (QED) is 0.322. The Bertz CT molecular complexity index is 1310. The van der Waals surface area contributed by atoms with Gasteiger partial charge in [-0.15, -0.1) is 0 Å². The smallest absolute Gasteiger partial charge is 0.271 e. The third-order valence-corrected chi connectivity index (χ3v) is 5.86. The molecule has 0 unspecified atom stereocenters. The Morgan fingerprint density at radius 2 is 1.77 bits per heavy atom. The number of nitrogens with zero attached hydrogens (tertiary/aromatic N) is 3. The normalized spacial score (nSPS) is 13.8. The van der Waals surface area contributed by atoms with Crippen molar-refractivity contribution in [2.75, 3.05) is 31.2 Å². The van der Waals surface area contributed by atoms with E-state index in [0.29, 0.717) is 12.2 Å². The molecule has 1 saturated heterocycles. The molecule has 1 amide bonds. The largest absolute Gasteiger partial charge is 0.487 e. The minimum Gasteiger partial charge on any atom is -0.487 e. The van der Waals surface area contributed by atoms with E-state index in [2.05, 4.69) is 32.5 Å². The van der Waals surface area contributed by atoms with Crippen molar-refractivity contribution in [3.8, 4) is 5.75 Å². The van der Waals surface area contributed by atoms with Crippen molar-refractivity contribution in [3.05, 3.63) is 102 Å². The SMILES string of the molecule is O=C(N/N=C/c1ccc(N2CCOCC2)cc1)c1ccc(COc2cccc3cccnc23)cc1. The highest BCUT2D eigenvalue weighted by Crippen LogP contribution is 2.24. The van der Waals surface area contributed by atoms with E-state index in [1.807, 2.05) is 54.6 Å². The Morgan fingerprint density at radius 1 is 1.00 bits per heavy atom. The summed E-state index contributed by atoms with van der Waals surface area (Å²) in [6.45, 7) is 3.69. The zero-order valence-electron chi connectivity index (χ0n) is 19.3. The molecule has 3 aromatic carbocycles. The summed E-state index contributed by atoms with van der Waals surface area (Å²) in [7, 11) is 0. The first-order valence-electron chi connectivity index (χ1n) is 11.6. The standard InChI is InChI=1S/C28H26N4O3/c33-28(31-30-19-21-8-12-25(13-9-21)32-15-17-34-18-16-32)24-10-6-22(7-11-24)20-35-26-5-1-3-23-4-2-14-29-27(23)26/h1-14,19H,15-18,20H2,(H,31,33)/b30-19+. The lowest BCUT2D eigenvalue weighted by molar-refractivity contribution is 0.0955. The average Bonchev–Trinajstić information content (AvgIpc) is 2.93. The molecule has 176 valence electrons. The highest BCUT2D eigenvalue weighted by atomic mass is 16.5. The summed E-state index contributed by atoms with van der Waals surface area (Å²) < 4.78 is 11.4. The summed E-state index contributed by atoms with van der Waals surface area (Å²) in [6, 6.07) is 25.2. The number of carbonyl (C=O) groups excluding carboxylic acids is 1. The Kier molecular flexibility index (Phi) is 6.96. The third-order valence-electron chi connectivity index (χ3n) is 5.86. The molecule has 1 aliphatic heterocycles. The van der Waals surface area contributed by atoms with Crippen molar-refractivity contribution in [1.29, 1.82) is 0 Å². The summed E-state index contributed by atoms with van der Waals surface area (Å²) in [4.78, 5) is 19.1. The second-order valence-electron chi connectivity index (χ2n) is 8.21. The van der Waals surface area contributed by atoms with Gasteiger partial charge in [-0.05, 0) is 47.5 Å². The molecule has 0 saturated carbocycles. The van der Waals surface area contributed by atoms with E-state index in [0.717, 1.165) is 59.8 Å². The van der Waals surface area contributed by atoms with Gasteiger partial charge in [0.2, 0.25) is 0 Å². The first-order valence-corrected chi connectivity index (χ1v) is 11.6. The van der Waals surface area contributed by atoms with Gasteiger partial charge in [-0.2, -0.15) is 5.10 Å². The van der Waals surface area contributed by atoms with Gasteiger partial charge in [-0.1, -0.05) is 42.5 Å². The van der Waals surface area contributed by atoms with Crippen LogP contribution in [0.15, 0.2) is 90.2 Å². The molecule has 35 heavy (non-hydrogen) atoms. The molecule has 0 aliphatic carbocycles. The van der Waals surface area contributed by atoms with E-state index in [9.17, 15) is 4.79 Å². The Labute approximate surface area is 204 Å². The number of para-hydroxylation sites is 1. The van der Waals surface area contributed by atoms with Crippen LogP contribution in [0.3, 0.4) is 0 Å². The van der Waals surface area contributed by atoms with Gasteiger partial charge in [-0.25, -0.2) is 5.43 Å². The van der Waals surface area contributed by atoms with Gasteiger partial charge >= 0.3 is 0 Å². The molecule has 7 nitrogen and oxygen atoms in total. The van der Waals surface area contributed by atoms with E-state index in [1.54, 1.807) is 24.5 Å². The lowest BCUT2D eigenvalue weighted by atomic mass is 10.1. The van der Waals surface area contributed by atoms with Crippen molar-refractivity contribution in [1.82, 2.24) is 10.4 Å². The first kappa shape index (κ1) is 22.6. The van der Waals surface area contributed by atoms with E-state index >= 15 is 0 Å². The van der Waals surface area contributed by atoms with Crippen LogP contribution < -0.4 is 15.1 Å². The summed E-state index contributed by atoms with van der Waals surface area (Å²) >= 11 is 0. The molecular formula is C28H26N4O3. The summed E-state index contributed by atoms with van der Waals surface area (Å²) in [5.74, 6) is 0.467. The van der Waals surface area contributed by atoms with E-state index in [1.165, 1.54) is 0 Å². The number of pyridine rings is 1. The van der Waals surface area contributed by atoms with Gasteiger partial charge in [0, 0.05) is 35.9 Å². The molecule has 5 rings (SSSR count). The van der Waals surface area contributed by atoms with Crippen LogP contribution in [-0.4, -0.2) is 43.4 Å². The van der Waals surface area contributed by atoms with Crippen LogP contribution >= 0.6 is 0 Å². The number of carbonyl (C=O) groups is 1. The Hall–Kier alpha value is -4.23. The van der Waals surface area contributed by atoms with Crippen LogP contribution in [0.5, 0.6) is 5.75 Å². The van der Waals surface area contributed by atoms with Gasteiger partial charge in [0.05, 0.1) is 19.4 Å². The number of hydrazone groups is 1. The van der Waals surface area contributed by atoms with Crippen molar-refractivity contribution in [2.45, 2.75) is 6.61 Å². The molecule has 1 aliphatic rings. The highest BCUT2D eigenvalue weighted by Gasteiger charge is 2.10. The van der Waals surface area contributed by atoms with Gasteiger partial charge in [0.25, 0.3) is 5.91 Å². The number of hydrogen-bond acceptors (Lipinski definition) is 6. The van der Waals surface area contributed by atoms with Gasteiger partial charge in [0.15, 0.2) is 0 Å². The van der Waals surface area contributed by atoms with E-state index in [4.69, 9.17) is 9.47 Å². The van der Waals surface area contributed by atoms with Crippen molar-refractivity contribution >= 4 is 28.7 Å². The third kappa shape index (κ3) is 5.65. The number of rotatable bonds is 7. The molecule has 1 fully saturated rings. The lowest BCUT2D eigenvalue weighted by Crippen LogP contribution is -2.36. The number of morpholine rings is 1. The van der Waals surface area contributed by atoms with Crippen molar-refractivity contribution in [2.24, 2.45) is 5.10 Å². The fourth-order valence-electron chi connectivity index (χ4n) is 3.93. The minimum absolute atomic E-state index is 0.267. The van der Waals surface area contributed by atoms with Crippen molar-refractivity contribution < 1.29 is 14.3 Å². The number of anilines is 1. The second-order valence-corrected chi connectivity index (χ2v) is 8.21. The number of hydrogen-bond donors (Lipinski definition) is 1. The number of nitrogens with one attached hydrogen (secondary N) is 1. The lowest BCUT2D eigenvalue weighted by Gasteiger charge is -2.28. The molecule has 1 N–H and O–H groups in total. The summed E-state index contributed by atoms with van der Waals surface area (Å²) in [5, 5.41) is 5.13. The molecule has 2 heterocycles. The maximum atomic E-state index is 12.4.